The van der Waals surface area contributed by atoms with Crippen LogP contribution >= 0.6 is 0 Å². The maximum absolute atomic E-state index is 13.5. The van der Waals surface area contributed by atoms with Crippen LogP contribution in [-0.4, -0.2) is 84.2 Å². The standard InChI is InChI=1S/C22H31F2N3O/c23-22(24)8-6-19(7-9-22)26-16-21(17-26)15-25(12-18-4-2-1-3-5-18)13-20-14-28-11-10-27(20)21/h1-5,19-20H,6-17H2/t20-/m1/s1. The third kappa shape index (κ3) is 3.60. The molecule has 1 aliphatic carbocycles. The van der Waals surface area contributed by atoms with Crippen molar-refractivity contribution in [2.45, 2.75) is 55.8 Å². The number of morpholine rings is 1. The van der Waals surface area contributed by atoms with Gasteiger partial charge >= 0.3 is 0 Å². The van der Waals surface area contributed by atoms with Crippen molar-refractivity contribution in [1.82, 2.24) is 14.7 Å². The van der Waals surface area contributed by atoms with Gasteiger partial charge in [0.2, 0.25) is 5.92 Å². The van der Waals surface area contributed by atoms with E-state index in [1.807, 2.05) is 0 Å². The number of alkyl halides is 2. The first-order chi connectivity index (χ1) is 13.5. The molecule has 1 spiro atoms. The van der Waals surface area contributed by atoms with E-state index in [9.17, 15) is 8.78 Å². The number of piperazine rings is 1. The molecule has 154 valence electrons. The number of nitrogens with zero attached hydrogens (tertiary/aromatic N) is 3. The summed E-state index contributed by atoms with van der Waals surface area (Å²) in [5.41, 5.74) is 1.52. The number of hydrogen-bond donors (Lipinski definition) is 0. The Morgan fingerprint density at radius 3 is 2.50 bits per heavy atom. The number of halogens is 2. The van der Waals surface area contributed by atoms with Crippen LogP contribution in [-0.2, 0) is 11.3 Å². The molecule has 1 saturated carbocycles. The van der Waals surface area contributed by atoms with Crippen molar-refractivity contribution in [3.63, 3.8) is 0 Å². The molecule has 1 atom stereocenters. The van der Waals surface area contributed by atoms with Gasteiger partial charge in [0.1, 0.15) is 0 Å². The molecule has 4 fully saturated rings. The Balaban J connectivity index is 1.27. The highest BCUT2D eigenvalue weighted by atomic mass is 19.3. The number of rotatable bonds is 3. The summed E-state index contributed by atoms with van der Waals surface area (Å²) >= 11 is 0. The molecule has 0 radical (unpaired) electrons. The Morgan fingerprint density at radius 2 is 1.75 bits per heavy atom. The number of fused-ring (bicyclic) bond motifs is 2. The van der Waals surface area contributed by atoms with E-state index < -0.39 is 5.92 Å². The van der Waals surface area contributed by atoms with E-state index in [1.54, 1.807) is 0 Å². The van der Waals surface area contributed by atoms with Crippen LogP contribution in [0.25, 0.3) is 0 Å². The summed E-state index contributed by atoms with van der Waals surface area (Å²) in [6.45, 7) is 7.75. The molecule has 0 aromatic heterocycles. The minimum Gasteiger partial charge on any atom is -0.378 e. The summed E-state index contributed by atoms with van der Waals surface area (Å²) < 4.78 is 32.9. The number of benzene rings is 1. The van der Waals surface area contributed by atoms with Crippen molar-refractivity contribution >= 4 is 0 Å². The average molecular weight is 392 g/mol. The van der Waals surface area contributed by atoms with E-state index in [1.165, 1.54) is 5.56 Å². The van der Waals surface area contributed by atoms with Crippen LogP contribution in [0.5, 0.6) is 0 Å². The summed E-state index contributed by atoms with van der Waals surface area (Å²) in [7, 11) is 0. The van der Waals surface area contributed by atoms with Gasteiger partial charge in [0.05, 0.1) is 18.8 Å². The molecule has 3 aliphatic heterocycles. The first-order valence-electron chi connectivity index (χ1n) is 10.8. The largest absolute Gasteiger partial charge is 0.378 e. The molecule has 3 saturated heterocycles. The maximum Gasteiger partial charge on any atom is 0.248 e. The molecule has 1 aromatic carbocycles. The second-order valence-electron chi connectivity index (χ2n) is 9.29. The molecule has 5 rings (SSSR count). The van der Waals surface area contributed by atoms with Crippen molar-refractivity contribution in [3.8, 4) is 0 Å². The predicted molar refractivity (Wildman–Crippen MR) is 105 cm³/mol. The predicted octanol–water partition coefficient (Wildman–Crippen LogP) is 2.84. The molecule has 0 N–H and O–H groups in total. The van der Waals surface area contributed by atoms with E-state index in [0.717, 1.165) is 52.5 Å². The van der Waals surface area contributed by atoms with Crippen LogP contribution < -0.4 is 0 Å². The van der Waals surface area contributed by atoms with E-state index in [4.69, 9.17) is 4.74 Å². The van der Waals surface area contributed by atoms with Gasteiger partial charge in [-0.05, 0) is 18.4 Å². The molecule has 3 heterocycles. The SMILES string of the molecule is FC1(F)CCC(N2CC3(CN(Cc4ccccc4)C[C@@H]4COCCN43)C2)CC1. The lowest BCUT2D eigenvalue weighted by molar-refractivity contribution is -0.180. The van der Waals surface area contributed by atoms with Crippen molar-refractivity contribution in [1.29, 1.82) is 0 Å². The lowest BCUT2D eigenvalue weighted by Gasteiger charge is -2.65. The van der Waals surface area contributed by atoms with Gasteiger partial charge in [-0.3, -0.25) is 14.7 Å². The van der Waals surface area contributed by atoms with Crippen molar-refractivity contribution in [2.75, 3.05) is 45.9 Å². The topological polar surface area (TPSA) is 19.0 Å². The van der Waals surface area contributed by atoms with Crippen LogP contribution in [0.15, 0.2) is 30.3 Å². The smallest absolute Gasteiger partial charge is 0.248 e. The van der Waals surface area contributed by atoms with Crippen LogP contribution in [0.1, 0.15) is 31.2 Å². The zero-order valence-electron chi connectivity index (χ0n) is 16.5. The lowest BCUT2D eigenvalue weighted by atomic mass is 9.79. The zero-order chi connectivity index (χ0) is 19.2. The number of ether oxygens (including phenoxy) is 1. The molecule has 0 unspecified atom stereocenters. The van der Waals surface area contributed by atoms with Gasteiger partial charge in [-0.15, -0.1) is 0 Å². The highest BCUT2D eigenvalue weighted by Gasteiger charge is 2.55. The molecule has 6 heteroatoms. The maximum atomic E-state index is 13.5. The van der Waals surface area contributed by atoms with Crippen LogP contribution in [0.3, 0.4) is 0 Å². The summed E-state index contributed by atoms with van der Waals surface area (Å²) in [4.78, 5) is 7.75. The molecule has 0 bridgehead atoms. The third-order valence-corrected chi connectivity index (χ3v) is 7.27. The molecule has 0 amide bonds. The molecule has 4 nitrogen and oxygen atoms in total. The summed E-state index contributed by atoms with van der Waals surface area (Å²) in [6, 6.07) is 11.5. The van der Waals surface area contributed by atoms with Gasteiger partial charge in [-0.25, -0.2) is 8.78 Å². The van der Waals surface area contributed by atoms with Gasteiger partial charge in [-0.2, -0.15) is 0 Å². The highest BCUT2D eigenvalue weighted by molar-refractivity contribution is 5.17. The Bertz CT molecular complexity index is 670. The fourth-order valence-corrected chi connectivity index (χ4v) is 5.90. The minimum atomic E-state index is -2.44. The van der Waals surface area contributed by atoms with Gasteiger partial charge in [0, 0.05) is 64.2 Å². The summed E-state index contributed by atoms with van der Waals surface area (Å²) in [5, 5.41) is 0. The van der Waals surface area contributed by atoms with Gasteiger partial charge in [0.25, 0.3) is 0 Å². The van der Waals surface area contributed by atoms with Crippen molar-refractivity contribution in [2.24, 2.45) is 0 Å². The van der Waals surface area contributed by atoms with Crippen LogP contribution in [0.2, 0.25) is 0 Å². The molecular weight excluding hydrogens is 360 g/mol. The number of hydrogen-bond acceptors (Lipinski definition) is 4. The average Bonchev–Trinajstić information content (AvgIpc) is 2.67. The van der Waals surface area contributed by atoms with E-state index in [0.29, 0.717) is 24.9 Å². The Morgan fingerprint density at radius 1 is 1.00 bits per heavy atom. The monoisotopic (exact) mass is 391 g/mol. The van der Waals surface area contributed by atoms with Crippen molar-refractivity contribution in [3.05, 3.63) is 35.9 Å². The summed E-state index contributed by atoms with van der Waals surface area (Å²) in [6.07, 6.45) is 1.40. The molecule has 28 heavy (non-hydrogen) atoms. The Kier molecular flexibility index (Phi) is 4.94. The molecular formula is C22H31F2N3O. The quantitative estimate of drug-likeness (QED) is 0.789. The first-order valence-corrected chi connectivity index (χ1v) is 10.8. The fourth-order valence-electron chi connectivity index (χ4n) is 5.90. The van der Waals surface area contributed by atoms with Crippen LogP contribution in [0, 0.1) is 0 Å². The normalized spacial score (nSPS) is 31.4. The van der Waals surface area contributed by atoms with Gasteiger partial charge in [0.15, 0.2) is 0 Å². The zero-order valence-corrected chi connectivity index (χ0v) is 16.5. The lowest BCUT2D eigenvalue weighted by Crippen LogP contribution is -2.81. The second kappa shape index (κ2) is 7.31. The Labute approximate surface area is 166 Å². The summed E-state index contributed by atoms with van der Waals surface area (Å²) in [5.74, 6) is -2.44. The van der Waals surface area contributed by atoms with E-state index in [2.05, 4.69) is 45.0 Å². The van der Waals surface area contributed by atoms with E-state index >= 15 is 0 Å². The second-order valence-corrected chi connectivity index (χ2v) is 9.29. The van der Waals surface area contributed by atoms with Gasteiger partial charge in [-0.1, -0.05) is 30.3 Å². The van der Waals surface area contributed by atoms with E-state index in [-0.39, 0.29) is 18.4 Å². The third-order valence-electron chi connectivity index (χ3n) is 7.27. The first kappa shape index (κ1) is 18.9. The molecule has 4 aliphatic rings. The number of likely N-dealkylation sites (tertiary alicyclic amines) is 1. The minimum absolute atomic E-state index is 0.0570. The van der Waals surface area contributed by atoms with Crippen molar-refractivity contribution < 1.29 is 13.5 Å². The van der Waals surface area contributed by atoms with Gasteiger partial charge < -0.3 is 4.74 Å². The highest BCUT2D eigenvalue weighted by Crippen LogP contribution is 2.42. The van der Waals surface area contributed by atoms with Crippen LogP contribution in [0.4, 0.5) is 8.78 Å². The fraction of sp³-hybridized carbons (Fsp3) is 0.727. The molecule has 1 aromatic rings. The Hall–Kier alpha value is -1.08.